The Morgan fingerprint density at radius 1 is 1.11 bits per heavy atom. The molecule has 0 saturated carbocycles. The molecule has 0 radical (unpaired) electrons. The largest absolute Gasteiger partial charge is 0.372 e. The second-order valence-electron chi connectivity index (χ2n) is 5.35. The molecule has 1 aromatic carbocycles. The van der Waals surface area contributed by atoms with E-state index in [0.717, 1.165) is 5.69 Å². The van der Waals surface area contributed by atoms with Gasteiger partial charge in [-0.3, -0.25) is 0 Å². The Hall–Kier alpha value is -1.29. The molecule has 104 valence electrons. The molecule has 1 heterocycles. The average molecular weight is 277 g/mol. The van der Waals surface area contributed by atoms with E-state index in [2.05, 4.69) is 53.6 Å². The van der Waals surface area contributed by atoms with Crippen LogP contribution in [0.3, 0.4) is 0 Å². The maximum Gasteiger partial charge on any atom is 0.170 e. The summed E-state index contributed by atoms with van der Waals surface area (Å²) in [6, 6.07) is 8.89. The second kappa shape index (κ2) is 6.75. The highest BCUT2D eigenvalue weighted by Crippen LogP contribution is 2.21. The molecule has 1 aromatic rings. The molecule has 2 rings (SSSR count). The first-order valence-corrected chi connectivity index (χ1v) is 7.48. The fraction of sp³-hybridized carbons (Fsp3) is 0.533. The lowest BCUT2D eigenvalue weighted by Crippen LogP contribution is -2.33. The molecular weight excluding hydrogens is 254 g/mol. The molecule has 0 bridgehead atoms. The molecule has 1 fully saturated rings. The number of benzene rings is 1. The van der Waals surface area contributed by atoms with E-state index in [0.29, 0.717) is 11.2 Å². The van der Waals surface area contributed by atoms with Gasteiger partial charge in [0.2, 0.25) is 0 Å². The van der Waals surface area contributed by atoms with Gasteiger partial charge in [0.25, 0.3) is 0 Å². The second-order valence-corrected chi connectivity index (χ2v) is 5.76. The first-order valence-electron chi connectivity index (χ1n) is 7.07. The van der Waals surface area contributed by atoms with Crippen molar-refractivity contribution in [3.8, 4) is 0 Å². The standard InChI is InChI=1S/C15H23N3S/c1-12(2)16-15(19)17-13-6-8-14(9-7-13)18-10-4-3-5-11-18/h6-9,12H,3-5,10-11H2,1-2H3,(H2,16,17,19). The first-order chi connectivity index (χ1) is 9.15. The third-order valence-corrected chi connectivity index (χ3v) is 3.49. The lowest BCUT2D eigenvalue weighted by Gasteiger charge is -2.28. The van der Waals surface area contributed by atoms with E-state index < -0.39 is 0 Å². The van der Waals surface area contributed by atoms with Crippen LogP contribution in [0.1, 0.15) is 33.1 Å². The Morgan fingerprint density at radius 2 is 1.74 bits per heavy atom. The van der Waals surface area contributed by atoms with Crippen LogP contribution >= 0.6 is 12.2 Å². The van der Waals surface area contributed by atoms with Crippen molar-refractivity contribution >= 4 is 28.7 Å². The topological polar surface area (TPSA) is 27.3 Å². The van der Waals surface area contributed by atoms with Gasteiger partial charge in [0.1, 0.15) is 0 Å². The van der Waals surface area contributed by atoms with Crippen molar-refractivity contribution in [3.63, 3.8) is 0 Å². The SMILES string of the molecule is CC(C)NC(=S)Nc1ccc(N2CCCCC2)cc1. The Kier molecular flexibility index (Phi) is 5.02. The van der Waals surface area contributed by atoms with Crippen LogP contribution < -0.4 is 15.5 Å². The highest BCUT2D eigenvalue weighted by molar-refractivity contribution is 7.80. The molecule has 0 aromatic heterocycles. The summed E-state index contributed by atoms with van der Waals surface area (Å²) in [6.45, 7) is 6.51. The molecular formula is C15H23N3S. The van der Waals surface area contributed by atoms with Crippen LogP contribution in [0, 0.1) is 0 Å². The van der Waals surface area contributed by atoms with Crippen LogP contribution in [0.25, 0.3) is 0 Å². The van der Waals surface area contributed by atoms with Crippen molar-refractivity contribution in [1.29, 1.82) is 0 Å². The van der Waals surface area contributed by atoms with Crippen molar-refractivity contribution in [2.75, 3.05) is 23.3 Å². The van der Waals surface area contributed by atoms with Crippen LogP contribution in [0.2, 0.25) is 0 Å². The molecule has 4 heteroatoms. The van der Waals surface area contributed by atoms with Crippen molar-refractivity contribution in [3.05, 3.63) is 24.3 Å². The predicted octanol–water partition coefficient (Wildman–Crippen LogP) is 3.37. The fourth-order valence-electron chi connectivity index (χ4n) is 2.34. The van der Waals surface area contributed by atoms with E-state index in [1.54, 1.807) is 0 Å². The van der Waals surface area contributed by atoms with E-state index in [4.69, 9.17) is 12.2 Å². The van der Waals surface area contributed by atoms with Gasteiger partial charge in [-0.25, -0.2) is 0 Å². The van der Waals surface area contributed by atoms with Crippen molar-refractivity contribution in [2.45, 2.75) is 39.2 Å². The number of anilines is 2. The number of hydrogen-bond donors (Lipinski definition) is 2. The Balaban J connectivity index is 1.92. The van der Waals surface area contributed by atoms with Crippen molar-refractivity contribution in [2.24, 2.45) is 0 Å². The predicted molar refractivity (Wildman–Crippen MR) is 87.0 cm³/mol. The molecule has 0 unspecified atom stereocenters. The summed E-state index contributed by atoms with van der Waals surface area (Å²) in [4.78, 5) is 2.46. The third kappa shape index (κ3) is 4.39. The maximum absolute atomic E-state index is 5.24. The minimum Gasteiger partial charge on any atom is -0.372 e. The van der Waals surface area contributed by atoms with Gasteiger partial charge in [-0.2, -0.15) is 0 Å². The summed E-state index contributed by atoms with van der Waals surface area (Å²) >= 11 is 5.24. The number of thiocarbonyl (C=S) groups is 1. The zero-order valence-corrected chi connectivity index (χ0v) is 12.6. The zero-order valence-electron chi connectivity index (χ0n) is 11.8. The lowest BCUT2D eigenvalue weighted by atomic mass is 10.1. The smallest absolute Gasteiger partial charge is 0.170 e. The van der Waals surface area contributed by atoms with Crippen LogP contribution in [0.4, 0.5) is 11.4 Å². The molecule has 3 nitrogen and oxygen atoms in total. The number of nitrogens with zero attached hydrogens (tertiary/aromatic N) is 1. The van der Waals surface area contributed by atoms with E-state index in [-0.39, 0.29) is 0 Å². The molecule has 19 heavy (non-hydrogen) atoms. The van der Waals surface area contributed by atoms with E-state index in [9.17, 15) is 0 Å². The summed E-state index contributed by atoms with van der Waals surface area (Å²) in [5.41, 5.74) is 2.35. The minimum absolute atomic E-state index is 0.354. The Morgan fingerprint density at radius 3 is 2.32 bits per heavy atom. The lowest BCUT2D eigenvalue weighted by molar-refractivity contribution is 0.578. The van der Waals surface area contributed by atoms with Crippen LogP contribution in [0.15, 0.2) is 24.3 Å². The van der Waals surface area contributed by atoms with Gasteiger partial charge in [-0.1, -0.05) is 0 Å². The Labute approximate surface area is 121 Å². The van der Waals surface area contributed by atoms with Crippen molar-refractivity contribution < 1.29 is 0 Å². The van der Waals surface area contributed by atoms with Gasteiger partial charge in [0.05, 0.1) is 0 Å². The highest BCUT2D eigenvalue weighted by Gasteiger charge is 2.10. The summed E-state index contributed by atoms with van der Waals surface area (Å²) in [5.74, 6) is 0. The molecule has 2 N–H and O–H groups in total. The number of rotatable bonds is 3. The molecule has 0 atom stereocenters. The van der Waals surface area contributed by atoms with Crippen LogP contribution in [-0.2, 0) is 0 Å². The van der Waals surface area contributed by atoms with Gasteiger partial charge in [0, 0.05) is 30.5 Å². The number of hydrogen-bond acceptors (Lipinski definition) is 2. The third-order valence-electron chi connectivity index (χ3n) is 3.27. The molecule has 1 aliphatic heterocycles. The van der Waals surface area contributed by atoms with E-state index in [1.165, 1.54) is 38.0 Å². The maximum atomic E-state index is 5.24. The monoisotopic (exact) mass is 277 g/mol. The van der Waals surface area contributed by atoms with Crippen LogP contribution in [-0.4, -0.2) is 24.2 Å². The van der Waals surface area contributed by atoms with Crippen LogP contribution in [0.5, 0.6) is 0 Å². The Bertz CT molecular complexity index is 408. The fourth-order valence-corrected chi connectivity index (χ4v) is 2.69. The minimum atomic E-state index is 0.354. The average Bonchev–Trinajstić information content (AvgIpc) is 2.39. The summed E-state index contributed by atoms with van der Waals surface area (Å²) < 4.78 is 0. The highest BCUT2D eigenvalue weighted by atomic mass is 32.1. The summed E-state index contributed by atoms with van der Waals surface area (Å²) in [5, 5.41) is 7.07. The van der Waals surface area contributed by atoms with Gasteiger partial charge in [0.15, 0.2) is 5.11 Å². The van der Waals surface area contributed by atoms with Gasteiger partial charge >= 0.3 is 0 Å². The van der Waals surface area contributed by atoms with E-state index in [1.807, 2.05) is 0 Å². The zero-order chi connectivity index (χ0) is 13.7. The van der Waals surface area contributed by atoms with Gasteiger partial charge in [-0.15, -0.1) is 0 Å². The quantitative estimate of drug-likeness (QED) is 0.828. The molecule has 0 amide bonds. The van der Waals surface area contributed by atoms with Crippen molar-refractivity contribution in [1.82, 2.24) is 5.32 Å². The molecule has 0 spiro atoms. The normalized spacial score (nSPS) is 15.4. The molecule has 0 aliphatic carbocycles. The number of piperidine rings is 1. The first kappa shape index (κ1) is 14.1. The summed E-state index contributed by atoms with van der Waals surface area (Å²) in [7, 11) is 0. The van der Waals surface area contributed by atoms with E-state index >= 15 is 0 Å². The molecule has 1 saturated heterocycles. The number of nitrogens with one attached hydrogen (secondary N) is 2. The molecule has 1 aliphatic rings. The summed E-state index contributed by atoms with van der Waals surface area (Å²) in [6.07, 6.45) is 3.98. The van der Waals surface area contributed by atoms with Gasteiger partial charge < -0.3 is 15.5 Å². The van der Waals surface area contributed by atoms with Gasteiger partial charge in [-0.05, 0) is 69.6 Å².